The summed E-state index contributed by atoms with van der Waals surface area (Å²) in [5, 5.41) is 89.8. The maximum absolute atomic E-state index is 13.6. The van der Waals surface area contributed by atoms with Gasteiger partial charge in [0.25, 0.3) is 0 Å². The molecule has 30 heteroatoms. The number of nitrogens with zero attached hydrogens (tertiary/aromatic N) is 22. The lowest BCUT2D eigenvalue weighted by Crippen LogP contribution is -2.30. The minimum atomic E-state index is -2.01. The molecule has 0 radical (unpaired) electrons. The van der Waals surface area contributed by atoms with E-state index in [2.05, 4.69) is 63.8 Å². The summed E-state index contributed by atoms with van der Waals surface area (Å²) >= 11 is 10.8. The van der Waals surface area contributed by atoms with E-state index < -0.39 is 78.2 Å². The van der Waals surface area contributed by atoms with Crippen LogP contribution in [0.5, 0.6) is 0 Å². The summed E-state index contributed by atoms with van der Waals surface area (Å²) in [4.78, 5) is 38.3. The Morgan fingerprint density at radius 1 is 0.346 bits per heavy atom. The van der Waals surface area contributed by atoms with E-state index in [9.17, 15) is 26.3 Å². The van der Waals surface area contributed by atoms with Gasteiger partial charge in [0, 0.05) is 26.4 Å². The van der Waals surface area contributed by atoms with Gasteiger partial charge < -0.3 is 0 Å². The maximum atomic E-state index is 13.6. The predicted molar refractivity (Wildman–Crippen MR) is 366 cm³/mol. The summed E-state index contributed by atoms with van der Waals surface area (Å²) in [7, 11) is 0. The van der Waals surface area contributed by atoms with Gasteiger partial charge in [0.05, 0.1) is 31.8 Å². The van der Waals surface area contributed by atoms with Gasteiger partial charge in [0.1, 0.15) is 144 Å². The van der Waals surface area contributed by atoms with Gasteiger partial charge in [-0.2, -0.15) is 97.7 Å². The highest BCUT2D eigenvalue weighted by Crippen LogP contribution is 2.35. The molecule has 0 saturated heterocycles. The SMILES string of the molecule is [C-]#[N+]/N=C1\C(F)=C(Cl)C(=NC#N)C(F)=C1Cl.[C-]#[N+]C([N+]#[C-])=c1c(F)c(F)c(=C(C#N)C#N)c(F)c1F.[C-]#[N+]C([N+]#[C-])=c1cc2ccc3cc(=C(C#N)C#N)cc4ccc(c1)c2c34.[C-]#[N+]C([N+]#[C-])=c1ccc(=C(C#N)C#N)cc1.[C-]#[N+]C([N+]#[C-])=c1nc2ccc3cc(=C(C#N)C#N)cc4ccc(n1)c2c34. The van der Waals surface area contributed by atoms with Gasteiger partial charge in [-0.3, -0.25) is 0 Å². The van der Waals surface area contributed by atoms with E-state index in [1.807, 2.05) is 84.9 Å². The summed E-state index contributed by atoms with van der Waals surface area (Å²) in [5.74, 6) is -11.8. The lowest BCUT2D eigenvalue weighted by molar-refractivity contribution is 0.434. The van der Waals surface area contributed by atoms with Crippen molar-refractivity contribution < 1.29 is 26.3 Å². The summed E-state index contributed by atoms with van der Waals surface area (Å²) in [6, 6.07) is 45.8. The lowest BCUT2D eigenvalue weighted by Gasteiger charge is -2.10. The number of halogens is 8. The number of hydrogen-bond donors (Lipinski definition) is 0. The first-order chi connectivity index (χ1) is 50.1. The van der Waals surface area contributed by atoms with Crippen LogP contribution >= 0.6 is 23.2 Å². The Morgan fingerprint density at radius 2 is 0.654 bits per heavy atom. The van der Waals surface area contributed by atoms with Gasteiger partial charge >= 0.3 is 23.3 Å². The topological polar surface area (TPSA) is 304 Å². The van der Waals surface area contributed by atoms with Gasteiger partial charge in [-0.15, -0.1) is 4.95 Å². The molecule has 0 aliphatic heterocycles. The molecular formula is C74H18Cl2F6N22. The van der Waals surface area contributed by atoms with Crippen LogP contribution < -0.4 is 42.0 Å². The molecule has 0 N–H and O–H groups in total. The molecule has 1 aromatic heterocycles. The quantitative estimate of drug-likeness (QED) is 0.0261. The summed E-state index contributed by atoms with van der Waals surface area (Å²) < 4.78 is 81.4. The Kier molecular flexibility index (Phi) is 23.6. The van der Waals surface area contributed by atoms with Crippen molar-refractivity contribution in [3.8, 4) is 54.7 Å². The Bertz CT molecular complexity index is 6070. The minimum absolute atomic E-state index is 0.0127. The zero-order chi connectivity index (χ0) is 76.2. The van der Waals surface area contributed by atoms with Crippen LogP contribution in [0.15, 0.2) is 141 Å². The third-order valence-electron chi connectivity index (χ3n) is 14.3. The molecule has 1 heterocycles. The van der Waals surface area contributed by atoms with Crippen LogP contribution in [-0.2, 0) is 0 Å². The average Bonchev–Trinajstić information content (AvgIpc) is 0.742. The van der Waals surface area contributed by atoms with Crippen molar-refractivity contribution in [3.63, 3.8) is 0 Å². The fourth-order valence-corrected chi connectivity index (χ4v) is 10.2. The van der Waals surface area contributed by atoms with Crippen LogP contribution in [0.25, 0.3) is 154 Å². The van der Waals surface area contributed by atoms with E-state index in [1.54, 1.807) is 60.7 Å². The first-order valence-electron chi connectivity index (χ1n) is 27.5. The van der Waals surface area contributed by atoms with Gasteiger partial charge in [-0.25, -0.2) is 36.3 Å². The molecule has 11 rings (SSSR count). The molecule has 1 aliphatic carbocycles. The number of rotatable bonds is 0. The molecule has 9 aromatic carbocycles. The Balaban J connectivity index is 0.000000185. The minimum Gasteiger partial charge on any atom is -0.233 e. The molecule has 22 nitrogen and oxygen atoms in total. The Labute approximate surface area is 589 Å². The fraction of sp³-hybridized carbons (Fsp3) is 0. The Morgan fingerprint density at radius 3 is 1.01 bits per heavy atom. The van der Waals surface area contributed by atoms with E-state index >= 15 is 0 Å². The van der Waals surface area contributed by atoms with Crippen molar-refractivity contribution >= 4 is 145 Å². The zero-order valence-electron chi connectivity index (χ0n) is 51.3. The first-order valence-corrected chi connectivity index (χ1v) is 28.3. The first kappa shape index (κ1) is 74.3. The van der Waals surface area contributed by atoms with E-state index in [-0.39, 0.29) is 39.7 Å². The largest absolute Gasteiger partial charge is 0.564 e. The fourth-order valence-electron chi connectivity index (χ4n) is 9.82. The van der Waals surface area contributed by atoms with Gasteiger partial charge in [-0.05, 0) is 91.6 Å². The Hall–Kier alpha value is -17.1. The third-order valence-corrected chi connectivity index (χ3v) is 15.0. The highest BCUT2D eigenvalue weighted by molar-refractivity contribution is 6.57. The number of hydrogen-bond acceptors (Lipinski definition) is 13. The van der Waals surface area contributed by atoms with Crippen molar-refractivity contribution in [2.45, 2.75) is 0 Å². The molecule has 104 heavy (non-hydrogen) atoms. The molecule has 0 spiro atoms. The summed E-state index contributed by atoms with van der Waals surface area (Å²) in [6.45, 7) is 61.6. The van der Waals surface area contributed by atoms with E-state index in [1.165, 1.54) is 6.19 Å². The van der Waals surface area contributed by atoms with Crippen LogP contribution in [-0.4, -0.2) is 21.4 Å². The standard InChI is InChI=1S/C22H8N4.C20H6N6.C12F4N4.C12H4N4.C8Cl2F2N4/c1-25-22(26-2)18-9-15-5-3-13-7-17(19(11-23)12-24)8-14-4-6-16(10-18)21(15)20(13)14;1-23-19(24-2)20-25-15-5-3-11-7-13(14(9-21)10-22)8-12-4-6-16(26-20)18(15)17(11)12;1-19-12(20-2)7-10(15)8(13)6(5(3-17)4-18)9(14)11(7)16;1-15-12(16-2)10-5-3-9(4-6-10)11(7-13)8-14;1-14-16-8-4(10)5(11)7(15-2-13)3(9)6(8)12/h3-10H;3-8H;;3-6H;/b;;;;15-7?,16-8-. The lowest BCUT2D eigenvalue weighted by atomic mass is 9.93. The van der Waals surface area contributed by atoms with Crippen molar-refractivity contribution in [3.05, 3.63) is 299 Å². The normalized spacial score (nSPS) is 11.2. The molecule has 0 unspecified atom stereocenters. The van der Waals surface area contributed by atoms with Crippen molar-refractivity contribution in [2.75, 3.05) is 0 Å². The van der Waals surface area contributed by atoms with Crippen molar-refractivity contribution in [2.24, 2.45) is 10.1 Å². The number of aromatic nitrogens is 2. The second-order valence-corrected chi connectivity index (χ2v) is 20.4. The molecule has 0 bridgehead atoms. The molecule has 1 aliphatic rings. The van der Waals surface area contributed by atoms with Crippen molar-refractivity contribution in [1.82, 2.24) is 9.97 Å². The van der Waals surface area contributed by atoms with Gasteiger partial charge in [-0.1, -0.05) is 83.9 Å². The molecule has 0 fully saturated rings. The monoisotopic (exact) mass is 1400 g/mol. The highest BCUT2D eigenvalue weighted by Gasteiger charge is 2.33. The smallest absolute Gasteiger partial charge is 0.233 e. The van der Waals surface area contributed by atoms with Crippen LogP contribution in [0.4, 0.5) is 26.3 Å². The van der Waals surface area contributed by atoms with Crippen molar-refractivity contribution in [1.29, 1.82) is 47.4 Å². The zero-order valence-corrected chi connectivity index (χ0v) is 52.8. The van der Waals surface area contributed by atoms with Crippen LogP contribution in [0.1, 0.15) is 0 Å². The van der Waals surface area contributed by atoms with E-state index in [0.717, 1.165) is 66.0 Å². The number of aliphatic imine (C=N–C) groups is 1. The highest BCUT2D eigenvalue weighted by atomic mass is 35.5. The average molecular weight is 1400 g/mol. The van der Waals surface area contributed by atoms with E-state index in [4.69, 9.17) is 130 Å². The molecule has 10 aromatic rings. The molecule has 0 saturated carbocycles. The summed E-state index contributed by atoms with van der Waals surface area (Å²) in [6.07, 6.45) is 1.26. The number of allylic oxidation sites excluding steroid dienone is 4. The molecule has 480 valence electrons. The second kappa shape index (κ2) is 33.0. The molecule has 0 amide bonds. The molecule has 0 atom stereocenters. The van der Waals surface area contributed by atoms with Gasteiger partial charge in [0.2, 0.25) is 17.4 Å². The third kappa shape index (κ3) is 14.5. The second-order valence-electron chi connectivity index (χ2n) is 19.6. The van der Waals surface area contributed by atoms with E-state index in [0.29, 0.717) is 37.1 Å². The van der Waals surface area contributed by atoms with Crippen LogP contribution in [0.2, 0.25) is 0 Å². The maximum Gasteiger partial charge on any atom is 0.564 e. The number of nitriles is 9. The number of benzene rings is 9. The predicted octanol–water partition coefficient (Wildman–Crippen LogP) is 11.3. The van der Waals surface area contributed by atoms with Crippen LogP contribution in [0, 0.1) is 185 Å². The molecular weight excluding hydrogens is 1380 g/mol. The van der Waals surface area contributed by atoms with Gasteiger partial charge in [0.15, 0.2) is 34.9 Å². The van der Waals surface area contributed by atoms with Crippen LogP contribution in [0.3, 0.4) is 0 Å². The summed E-state index contributed by atoms with van der Waals surface area (Å²) in [5.41, 5.74) is -1.03.